The van der Waals surface area contributed by atoms with Gasteiger partial charge in [-0.15, -0.1) is 0 Å². The van der Waals surface area contributed by atoms with Gasteiger partial charge in [0.1, 0.15) is 11.6 Å². The maximum Gasteiger partial charge on any atom is 0.332 e. The van der Waals surface area contributed by atoms with Crippen LogP contribution in [0, 0.1) is 12.3 Å². The molecule has 1 spiro atoms. The topological polar surface area (TPSA) is 82.2 Å². The highest BCUT2D eigenvalue weighted by atomic mass is 16.5. The van der Waals surface area contributed by atoms with Gasteiger partial charge in [0.25, 0.3) is 0 Å². The Kier molecular flexibility index (Phi) is 5.17. The monoisotopic (exact) mass is 433 g/mol. The minimum absolute atomic E-state index is 0.0469. The molecule has 8 nitrogen and oxygen atoms in total. The van der Waals surface area contributed by atoms with Crippen LogP contribution in [0.1, 0.15) is 29.2 Å². The lowest BCUT2D eigenvalue weighted by Gasteiger charge is -2.22. The molecule has 1 atom stereocenters. The second kappa shape index (κ2) is 8.02. The number of pyridine rings is 1. The van der Waals surface area contributed by atoms with Crippen molar-refractivity contribution in [3.05, 3.63) is 85.9 Å². The van der Waals surface area contributed by atoms with Gasteiger partial charge < -0.3 is 4.74 Å². The van der Waals surface area contributed by atoms with E-state index in [0.29, 0.717) is 18.8 Å². The average molecular weight is 434 g/mol. The molecule has 0 N–H and O–H groups in total. The van der Waals surface area contributed by atoms with Gasteiger partial charge in [0.15, 0.2) is 0 Å². The van der Waals surface area contributed by atoms with Crippen molar-refractivity contribution in [1.29, 1.82) is 0 Å². The molecule has 1 aromatic carbocycles. The minimum Gasteiger partial charge on any atom is -0.497 e. The predicted molar refractivity (Wildman–Crippen MR) is 120 cm³/mol. The van der Waals surface area contributed by atoms with E-state index in [9.17, 15) is 9.59 Å². The zero-order valence-electron chi connectivity index (χ0n) is 18.5. The fraction of sp³-hybridized carbons (Fsp3) is 0.417. The van der Waals surface area contributed by atoms with Crippen molar-refractivity contribution in [2.45, 2.75) is 39.4 Å². The molecule has 2 aliphatic rings. The van der Waals surface area contributed by atoms with E-state index >= 15 is 0 Å². The Morgan fingerprint density at radius 1 is 1.03 bits per heavy atom. The smallest absolute Gasteiger partial charge is 0.332 e. The average Bonchev–Trinajstić information content (AvgIpc) is 3.35. The van der Waals surface area contributed by atoms with E-state index in [0.717, 1.165) is 48.8 Å². The highest BCUT2D eigenvalue weighted by molar-refractivity contribution is 5.27. The van der Waals surface area contributed by atoms with Crippen LogP contribution in [-0.2, 0) is 26.1 Å². The van der Waals surface area contributed by atoms with E-state index in [2.05, 4.69) is 21.0 Å². The number of aromatic nitrogens is 4. The fourth-order valence-corrected chi connectivity index (χ4v) is 4.97. The number of hydrogen-bond acceptors (Lipinski definition) is 6. The largest absolute Gasteiger partial charge is 0.497 e. The first-order valence-electron chi connectivity index (χ1n) is 10.9. The number of likely N-dealkylation sites (tertiary alicyclic amines) is 1. The van der Waals surface area contributed by atoms with Crippen molar-refractivity contribution in [3.63, 3.8) is 0 Å². The summed E-state index contributed by atoms with van der Waals surface area (Å²) in [7, 11) is 1.61. The number of aryl methyl sites for hydroxylation is 1. The van der Waals surface area contributed by atoms with Crippen molar-refractivity contribution in [1.82, 2.24) is 24.2 Å². The SMILES string of the molecule is COc1ccc(Cn2nc3n(c(=O)c2=O)CC2(CCN(Cc4cccc(C)n4)C2)C3)cc1. The third-order valence-corrected chi connectivity index (χ3v) is 6.58. The summed E-state index contributed by atoms with van der Waals surface area (Å²) >= 11 is 0. The van der Waals surface area contributed by atoms with Crippen molar-refractivity contribution in [3.8, 4) is 5.75 Å². The molecule has 32 heavy (non-hydrogen) atoms. The molecule has 0 saturated carbocycles. The number of hydrogen-bond donors (Lipinski definition) is 0. The highest BCUT2D eigenvalue weighted by Crippen LogP contribution is 2.39. The molecule has 1 fully saturated rings. The quantitative estimate of drug-likeness (QED) is 0.569. The van der Waals surface area contributed by atoms with E-state index in [1.165, 1.54) is 4.68 Å². The Labute approximate surface area is 186 Å². The van der Waals surface area contributed by atoms with Gasteiger partial charge in [-0.2, -0.15) is 5.10 Å². The zero-order chi connectivity index (χ0) is 22.3. The van der Waals surface area contributed by atoms with Gasteiger partial charge in [-0.25, -0.2) is 4.68 Å². The highest BCUT2D eigenvalue weighted by Gasteiger charge is 2.44. The van der Waals surface area contributed by atoms with Crippen LogP contribution in [-0.4, -0.2) is 44.4 Å². The lowest BCUT2D eigenvalue weighted by molar-refractivity contribution is 0.244. The number of benzene rings is 1. The fourth-order valence-electron chi connectivity index (χ4n) is 4.97. The summed E-state index contributed by atoms with van der Waals surface area (Å²) in [5.41, 5.74) is 1.89. The number of methoxy groups -OCH3 is 1. The molecular formula is C24H27N5O3. The first-order chi connectivity index (χ1) is 15.4. The Balaban J connectivity index is 1.34. The summed E-state index contributed by atoms with van der Waals surface area (Å²) in [6, 6.07) is 13.5. The first-order valence-corrected chi connectivity index (χ1v) is 10.9. The van der Waals surface area contributed by atoms with Crippen molar-refractivity contribution in [2.24, 2.45) is 5.41 Å². The van der Waals surface area contributed by atoms with E-state index in [1.807, 2.05) is 43.3 Å². The molecular weight excluding hydrogens is 406 g/mol. The third kappa shape index (κ3) is 3.86. The zero-order valence-corrected chi connectivity index (χ0v) is 18.5. The van der Waals surface area contributed by atoms with E-state index in [1.54, 1.807) is 11.7 Å². The van der Waals surface area contributed by atoms with E-state index in [4.69, 9.17) is 4.74 Å². The normalized spacial score (nSPS) is 20.1. The molecule has 0 amide bonds. The van der Waals surface area contributed by atoms with Gasteiger partial charge in [-0.1, -0.05) is 18.2 Å². The van der Waals surface area contributed by atoms with Gasteiger partial charge in [-0.3, -0.25) is 24.0 Å². The molecule has 2 aliphatic heterocycles. The molecule has 5 rings (SSSR count). The summed E-state index contributed by atoms with van der Waals surface area (Å²) in [6.07, 6.45) is 1.69. The molecule has 0 aliphatic carbocycles. The van der Waals surface area contributed by atoms with Gasteiger partial charge in [0.05, 0.1) is 19.3 Å². The number of fused-ring (bicyclic) bond motifs is 1. The molecule has 3 aromatic rings. The van der Waals surface area contributed by atoms with Crippen LogP contribution < -0.4 is 15.9 Å². The number of nitrogens with zero attached hydrogens (tertiary/aromatic N) is 5. The molecule has 1 saturated heterocycles. The summed E-state index contributed by atoms with van der Waals surface area (Å²) in [4.78, 5) is 32.6. The minimum atomic E-state index is -0.569. The second-order valence-corrected chi connectivity index (χ2v) is 9.03. The lowest BCUT2D eigenvalue weighted by Crippen LogP contribution is -2.43. The lowest BCUT2D eigenvalue weighted by atomic mass is 9.86. The van der Waals surface area contributed by atoms with Crippen LogP contribution in [0.5, 0.6) is 5.75 Å². The maximum atomic E-state index is 12.9. The van der Waals surface area contributed by atoms with E-state index in [-0.39, 0.29) is 12.0 Å². The molecule has 8 heteroatoms. The van der Waals surface area contributed by atoms with Gasteiger partial charge in [0.2, 0.25) is 0 Å². The van der Waals surface area contributed by atoms with Crippen LogP contribution in [0.15, 0.2) is 52.1 Å². The van der Waals surface area contributed by atoms with Gasteiger partial charge in [-0.05, 0) is 49.7 Å². The second-order valence-electron chi connectivity index (χ2n) is 9.03. The van der Waals surface area contributed by atoms with Gasteiger partial charge >= 0.3 is 11.1 Å². The molecule has 2 aromatic heterocycles. The number of rotatable bonds is 5. The van der Waals surface area contributed by atoms with Crippen LogP contribution in [0.4, 0.5) is 0 Å². The standard InChI is InChI=1S/C24H27N5O3/c1-17-4-3-5-19(25-17)14-27-11-10-24(15-27)12-21-26-29(23(31)22(30)28(21)16-24)13-18-6-8-20(32-2)9-7-18/h3-9H,10-16H2,1-2H3. The first kappa shape index (κ1) is 20.6. The predicted octanol–water partition coefficient (Wildman–Crippen LogP) is 1.61. The Morgan fingerprint density at radius 3 is 2.59 bits per heavy atom. The maximum absolute atomic E-state index is 12.9. The Hall–Kier alpha value is -3.26. The Bertz CT molecular complexity index is 1260. The van der Waals surface area contributed by atoms with Crippen molar-refractivity contribution in [2.75, 3.05) is 20.2 Å². The summed E-state index contributed by atoms with van der Waals surface area (Å²) in [6.45, 7) is 5.45. The summed E-state index contributed by atoms with van der Waals surface area (Å²) in [5, 5.41) is 4.60. The molecule has 4 heterocycles. The molecule has 0 radical (unpaired) electrons. The van der Waals surface area contributed by atoms with E-state index < -0.39 is 11.1 Å². The third-order valence-electron chi connectivity index (χ3n) is 6.58. The molecule has 0 bridgehead atoms. The van der Waals surface area contributed by atoms with Crippen molar-refractivity contribution >= 4 is 0 Å². The molecule has 166 valence electrons. The van der Waals surface area contributed by atoms with Gasteiger partial charge in [0, 0.05) is 37.2 Å². The summed E-state index contributed by atoms with van der Waals surface area (Å²) in [5.74, 6) is 1.45. The summed E-state index contributed by atoms with van der Waals surface area (Å²) < 4.78 is 8.09. The Morgan fingerprint density at radius 2 is 1.84 bits per heavy atom. The molecule has 1 unspecified atom stereocenters. The number of ether oxygens (including phenoxy) is 1. The van der Waals surface area contributed by atoms with Crippen LogP contribution >= 0.6 is 0 Å². The van der Waals surface area contributed by atoms with Crippen LogP contribution in [0.3, 0.4) is 0 Å². The van der Waals surface area contributed by atoms with Crippen LogP contribution in [0.2, 0.25) is 0 Å². The van der Waals surface area contributed by atoms with Crippen LogP contribution in [0.25, 0.3) is 0 Å². The van der Waals surface area contributed by atoms with Crippen molar-refractivity contribution < 1.29 is 4.74 Å².